The molecule has 4 nitrogen and oxygen atoms in total. The molecule has 1 N–H and O–H groups in total. The van der Waals surface area contributed by atoms with Crippen LogP contribution in [0.3, 0.4) is 0 Å². The summed E-state index contributed by atoms with van der Waals surface area (Å²) in [7, 11) is 4.88. The monoisotopic (exact) mass is 291 g/mol. The minimum absolute atomic E-state index is 0.0202. The molecule has 0 aliphatic rings. The van der Waals surface area contributed by atoms with Gasteiger partial charge in [0, 0.05) is 19.3 Å². The molecule has 0 radical (unpaired) electrons. The fraction of sp³-hybridized carbons (Fsp3) is 0.250. The van der Waals surface area contributed by atoms with Crippen molar-refractivity contribution in [2.75, 3.05) is 26.2 Å². The molecule has 5 heteroatoms. The summed E-state index contributed by atoms with van der Waals surface area (Å²) in [6.07, 6.45) is 0. The number of nitrogens with zero attached hydrogens (tertiary/aromatic N) is 1. The highest BCUT2D eigenvalue weighted by Gasteiger charge is 2.12. The minimum atomic E-state index is -0.264. The molecule has 2 rings (SSSR count). The Balaban J connectivity index is 2.24. The molecule has 21 heavy (non-hydrogen) atoms. The quantitative estimate of drug-likeness (QED) is 0.918. The van der Waals surface area contributed by atoms with E-state index in [1.165, 1.54) is 26.4 Å². The summed E-state index contributed by atoms with van der Waals surface area (Å²) in [5.74, 6) is 0.432. The van der Waals surface area contributed by atoms with Crippen molar-refractivity contribution in [1.29, 1.82) is 0 Å². The summed E-state index contributed by atoms with van der Waals surface area (Å²) in [6, 6.07) is 9.76. The largest absolute Gasteiger partial charge is 0.502 e. The Morgan fingerprint density at radius 3 is 2.05 bits per heavy atom. The van der Waals surface area contributed by atoms with Gasteiger partial charge in [-0.3, -0.25) is 0 Å². The maximum atomic E-state index is 12.9. The topological polar surface area (TPSA) is 41.9 Å². The van der Waals surface area contributed by atoms with E-state index in [1.54, 1.807) is 24.3 Å². The highest BCUT2D eigenvalue weighted by atomic mass is 19.1. The summed E-state index contributed by atoms with van der Waals surface area (Å²) in [5.41, 5.74) is 1.80. The molecule has 0 saturated carbocycles. The first-order valence-corrected chi connectivity index (χ1v) is 6.45. The van der Waals surface area contributed by atoms with E-state index >= 15 is 0 Å². The number of hydrogen-bond acceptors (Lipinski definition) is 4. The van der Waals surface area contributed by atoms with Crippen LogP contribution in [-0.2, 0) is 6.54 Å². The van der Waals surface area contributed by atoms with E-state index in [9.17, 15) is 9.50 Å². The number of halogens is 1. The number of anilines is 1. The van der Waals surface area contributed by atoms with Crippen molar-refractivity contribution in [3.05, 3.63) is 47.8 Å². The molecule has 112 valence electrons. The minimum Gasteiger partial charge on any atom is -0.502 e. The van der Waals surface area contributed by atoms with Crippen molar-refractivity contribution >= 4 is 5.69 Å². The fourth-order valence-corrected chi connectivity index (χ4v) is 2.10. The second-order valence-electron chi connectivity index (χ2n) is 4.68. The standard InChI is InChI=1S/C16H18FNO3/c1-18(13-6-4-12(17)5-7-13)10-11-8-14(20-2)16(19)15(9-11)21-3/h4-9,19H,10H2,1-3H3. The SMILES string of the molecule is COc1cc(CN(C)c2ccc(F)cc2)cc(OC)c1O. The Bertz CT molecular complexity index is 588. The van der Waals surface area contributed by atoms with Crippen molar-refractivity contribution in [2.24, 2.45) is 0 Å². The van der Waals surface area contributed by atoms with Gasteiger partial charge < -0.3 is 19.5 Å². The Hall–Kier alpha value is -2.43. The van der Waals surface area contributed by atoms with Crippen LogP contribution in [0.2, 0.25) is 0 Å². The van der Waals surface area contributed by atoms with Crippen LogP contribution in [0.25, 0.3) is 0 Å². The van der Waals surface area contributed by atoms with Gasteiger partial charge in [-0.1, -0.05) is 0 Å². The molecule has 0 heterocycles. The first-order chi connectivity index (χ1) is 10.0. The van der Waals surface area contributed by atoms with Crippen LogP contribution in [0.1, 0.15) is 5.56 Å². The van der Waals surface area contributed by atoms with E-state index in [4.69, 9.17) is 9.47 Å². The van der Waals surface area contributed by atoms with Gasteiger partial charge in [0.1, 0.15) is 5.82 Å². The van der Waals surface area contributed by atoms with Gasteiger partial charge in [0.2, 0.25) is 5.75 Å². The zero-order chi connectivity index (χ0) is 15.4. The number of ether oxygens (including phenoxy) is 2. The van der Waals surface area contributed by atoms with E-state index < -0.39 is 0 Å². The van der Waals surface area contributed by atoms with Gasteiger partial charge >= 0.3 is 0 Å². The van der Waals surface area contributed by atoms with Crippen LogP contribution < -0.4 is 14.4 Å². The number of benzene rings is 2. The number of phenolic OH excluding ortho intramolecular Hbond substituents is 1. The number of aromatic hydroxyl groups is 1. The molecule has 0 atom stereocenters. The lowest BCUT2D eigenvalue weighted by Gasteiger charge is -2.20. The van der Waals surface area contributed by atoms with Crippen molar-refractivity contribution in [2.45, 2.75) is 6.54 Å². The van der Waals surface area contributed by atoms with Gasteiger partial charge in [0.15, 0.2) is 11.5 Å². The molecule has 2 aromatic carbocycles. The zero-order valence-corrected chi connectivity index (χ0v) is 12.3. The molecule has 0 amide bonds. The number of rotatable bonds is 5. The lowest BCUT2D eigenvalue weighted by atomic mass is 10.1. The predicted molar refractivity (Wildman–Crippen MR) is 79.7 cm³/mol. The lowest BCUT2D eigenvalue weighted by molar-refractivity contribution is 0.339. The highest BCUT2D eigenvalue weighted by molar-refractivity contribution is 5.54. The summed E-state index contributed by atoms with van der Waals surface area (Å²) in [5, 5.41) is 9.89. The molecule has 0 aliphatic carbocycles. The highest BCUT2D eigenvalue weighted by Crippen LogP contribution is 2.37. The smallest absolute Gasteiger partial charge is 0.200 e. The maximum Gasteiger partial charge on any atom is 0.200 e. The number of hydrogen-bond donors (Lipinski definition) is 1. The fourth-order valence-electron chi connectivity index (χ4n) is 2.10. The average Bonchev–Trinajstić information content (AvgIpc) is 2.49. The number of methoxy groups -OCH3 is 2. The molecule has 0 fully saturated rings. The van der Waals surface area contributed by atoms with Gasteiger partial charge in [-0.25, -0.2) is 4.39 Å². The summed E-state index contributed by atoms with van der Waals surface area (Å²) >= 11 is 0. The van der Waals surface area contributed by atoms with Crippen LogP contribution in [0.15, 0.2) is 36.4 Å². The first kappa shape index (κ1) is 15.0. The third-order valence-corrected chi connectivity index (χ3v) is 3.23. The van der Waals surface area contributed by atoms with Crippen LogP contribution >= 0.6 is 0 Å². The lowest BCUT2D eigenvalue weighted by Crippen LogP contribution is -2.16. The Morgan fingerprint density at radius 2 is 1.57 bits per heavy atom. The van der Waals surface area contributed by atoms with Gasteiger partial charge in [-0.05, 0) is 42.0 Å². The second-order valence-corrected chi connectivity index (χ2v) is 4.68. The van der Waals surface area contributed by atoms with Crippen LogP contribution in [0, 0.1) is 5.82 Å². The summed E-state index contributed by atoms with van der Waals surface area (Å²) in [6.45, 7) is 0.568. The molecule has 0 aromatic heterocycles. The van der Waals surface area contributed by atoms with Gasteiger partial charge in [0.25, 0.3) is 0 Å². The zero-order valence-electron chi connectivity index (χ0n) is 12.3. The number of phenols is 1. The van der Waals surface area contributed by atoms with E-state index in [1.807, 2.05) is 11.9 Å². The van der Waals surface area contributed by atoms with Crippen molar-refractivity contribution in [3.63, 3.8) is 0 Å². The predicted octanol–water partition coefficient (Wildman–Crippen LogP) is 3.18. The Labute approximate surface area is 123 Å². The van der Waals surface area contributed by atoms with Gasteiger partial charge in [-0.2, -0.15) is 0 Å². The molecule has 2 aromatic rings. The average molecular weight is 291 g/mol. The second kappa shape index (κ2) is 6.35. The van der Waals surface area contributed by atoms with E-state index in [0.29, 0.717) is 18.0 Å². The van der Waals surface area contributed by atoms with E-state index in [2.05, 4.69) is 0 Å². The molecule has 0 aliphatic heterocycles. The van der Waals surface area contributed by atoms with Crippen LogP contribution in [0.5, 0.6) is 17.2 Å². The third kappa shape index (κ3) is 3.37. The molecule has 0 bridgehead atoms. The van der Waals surface area contributed by atoms with Crippen molar-refractivity contribution < 1.29 is 19.0 Å². The van der Waals surface area contributed by atoms with Crippen molar-refractivity contribution in [1.82, 2.24) is 0 Å². The van der Waals surface area contributed by atoms with E-state index in [0.717, 1.165) is 11.3 Å². The Morgan fingerprint density at radius 1 is 1.05 bits per heavy atom. The van der Waals surface area contributed by atoms with Gasteiger partial charge in [0.05, 0.1) is 14.2 Å². The summed E-state index contributed by atoms with van der Waals surface area (Å²) in [4.78, 5) is 1.96. The first-order valence-electron chi connectivity index (χ1n) is 6.45. The maximum absolute atomic E-state index is 12.9. The normalized spacial score (nSPS) is 10.3. The van der Waals surface area contributed by atoms with Crippen molar-refractivity contribution in [3.8, 4) is 17.2 Å². The van der Waals surface area contributed by atoms with Crippen LogP contribution in [0.4, 0.5) is 10.1 Å². The van der Waals surface area contributed by atoms with E-state index in [-0.39, 0.29) is 11.6 Å². The molecule has 0 spiro atoms. The molecule has 0 saturated heterocycles. The Kier molecular flexibility index (Phi) is 4.52. The molecular formula is C16H18FNO3. The van der Waals surface area contributed by atoms with Gasteiger partial charge in [-0.15, -0.1) is 0 Å². The summed E-state index contributed by atoms with van der Waals surface area (Å²) < 4.78 is 23.2. The molecule has 0 unspecified atom stereocenters. The third-order valence-electron chi connectivity index (χ3n) is 3.23. The molecular weight excluding hydrogens is 273 g/mol. The van der Waals surface area contributed by atoms with Crippen LogP contribution in [-0.4, -0.2) is 26.4 Å².